The topological polar surface area (TPSA) is 46.3 Å². The smallest absolute Gasteiger partial charge is 0.235 e. The van der Waals surface area contributed by atoms with Gasteiger partial charge in [-0.1, -0.05) is 36.4 Å². The number of hydrogen-bond donors (Lipinski definition) is 1. The Kier molecular flexibility index (Phi) is 3.71. The first kappa shape index (κ1) is 13.8. The molecule has 1 unspecified atom stereocenters. The highest BCUT2D eigenvalue weighted by Crippen LogP contribution is 2.25. The largest absolute Gasteiger partial charge is 0.368 e. The summed E-state index contributed by atoms with van der Waals surface area (Å²) in [5.74, 6) is -0.596. The van der Waals surface area contributed by atoms with E-state index in [0.29, 0.717) is 19.5 Å². The molecule has 2 N–H and O–H groups in total. The summed E-state index contributed by atoms with van der Waals surface area (Å²) < 4.78 is 13.3. The summed E-state index contributed by atoms with van der Waals surface area (Å²) in [5, 5.41) is 0. The van der Waals surface area contributed by atoms with Crippen LogP contribution in [0.4, 0.5) is 4.39 Å². The fraction of sp³-hybridized carbons (Fsp3) is 0.235. The molecule has 2 aromatic rings. The summed E-state index contributed by atoms with van der Waals surface area (Å²) in [5.41, 5.74) is 8.76. The number of carbonyl (C=O) groups is 1. The van der Waals surface area contributed by atoms with Gasteiger partial charge in [0.2, 0.25) is 5.91 Å². The molecule has 4 heteroatoms. The lowest BCUT2D eigenvalue weighted by Crippen LogP contribution is -2.48. The number of halogens is 1. The van der Waals surface area contributed by atoms with E-state index in [4.69, 9.17) is 5.73 Å². The van der Waals surface area contributed by atoms with Gasteiger partial charge < -0.3 is 5.73 Å². The van der Waals surface area contributed by atoms with Crippen molar-refractivity contribution in [3.63, 3.8) is 0 Å². The molecule has 108 valence electrons. The third kappa shape index (κ3) is 2.95. The minimum atomic E-state index is -0.344. The van der Waals surface area contributed by atoms with Gasteiger partial charge in [-0.05, 0) is 35.2 Å². The van der Waals surface area contributed by atoms with Crippen LogP contribution in [0.3, 0.4) is 0 Å². The average Bonchev–Trinajstić information content (AvgIpc) is 2.46. The number of benzene rings is 2. The molecule has 1 atom stereocenters. The summed E-state index contributed by atoms with van der Waals surface area (Å²) in [6.45, 7) is 1.17. The van der Waals surface area contributed by atoms with Gasteiger partial charge in [-0.25, -0.2) is 4.39 Å². The van der Waals surface area contributed by atoms with Crippen LogP contribution in [0, 0.1) is 5.82 Å². The number of hydrogen-bond acceptors (Lipinski definition) is 2. The zero-order valence-corrected chi connectivity index (χ0v) is 11.6. The fourth-order valence-corrected chi connectivity index (χ4v) is 2.89. The maximum Gasteiger partial charge on any atom is 0.235 e. The third-order valence-electron chi connectivity index (χ3n) is 3.95. The molecule has 1 amide bonds. The van der Waals surface area contributed by atoms with Crippen molar-refractivity contribution >= 4 is 5.91 Å². The molecule has 0 saturated carbocycles. The number of rotatable bonds is 3. The van der Waals surface area contributed by atoms with Gasteiger partial charge in [0, 0.05) is 13.1 Å². The van der Waals surface area contributed by atoms with Crippen molar-refractivity contribution in [2.24, 2.45) is 5.73 Å². The highest BCUT2D eigenvalue weighted by atomic mass is 19.1. The van der Waals surface area contributed by atoms with E-state index in [2.05, 4.69) is 6.07 Å². The predicted octanol–water partition coefficient (Wildman–Crippen LogP) is 2.24. The van der Waals surface area contributed by atoms with Crippen LogP contribution >= 0.6 is 0 Å². The summed E-state index contributed by atoms with van der Waals surface area (Å²) in [4.78, 5) is 13.8. The molecule has 21 heavy (non-hydrogen) atoms. The van der Waals surface area contributed by atoms with Gasteiger partial charge in [0.15, 0.2) is 0 Å². The maximum absolute atomic E-state index is 13.3. The molecule has 1 heterocycles. The minimum absolute atomic E-state index is 0.263. The Hall–Kier alpha value is -2.20. The first-order chi connectivity index (χ1) is 10.1. The molecule has 0 bridgehead atoms. The standard InChI is InChI=1S/C17H17FN2O/c18-15-7-3-4-12(8-15)10-20-11-14-6-2-1-5-13(14)9-16(20)17(19)21/h1-8,16H,9-11H2,(H2,19,21). The lowest BCUT2D eigenvalue weighted by molar-refractivity contribution is -0.124. The van der Waals surface area contributed by atoms with Crippen LogP contribution in [0.25, 0.3) is 0 Å². The SMILES string of the molecule is NC(=O)C1Cc2ccccc2CN1Cc1cccc(F)c1. The van der Waals surface area contributed by atoms with Crippen LogP contribution in [0.15, 0.2) is 48.5 Å². The molecule has 1 aliphatic heterocycles. The zero-order chi connectivity index (χ0) is 14.8. The molecule has 0 aromatic heterocycles. The molecule has 3 nitrogen and oxygen atoms in total. The molecular weight excluding hydrogens is 267 g/mol. The Morgan fingerprint density at radius 2 is 1.95 bits per heavy atom. The Bertz CT molecular complexity index is 671. The van der Waals surface area contributed by atoms with Crippen LogP contribution in [0.5, 0.6) is 0 Å². The van der Waals surface area contributed by atoms with E-state index in [-0.39, 0.29) is 17.8 Å². The van der Waals surface area contributed by atoms with Crippen molar-refractivity contribution in [3.05, 3.63) is 71.0 Å². The number of carbonyl (C=O) groups excluding carboxylic acids is 1. The number of primary amides is 1. The molecule has 0 fully saturated rings. The van der Waals surface area contributed by atoms with E-state index < -0.39 is 0 Å². The predicted molar refractivity (Wildman–Crippen MR) is 78.8 cm³/mol. The number of nitrogens with two attached hydrogens (primary N) is 1. The van der Waals surface area contributed by atoms with E-state index >= 15 is 0 Å². The number of fused-ring (bicyclic) bond motifs is 1. The lowest BCUT2D eigenvalue weighted by atomic mass is 9.93. The molecule has 0 radical (unpaired) electrons. The first-order valence-corrected chi connectivity index (χ1v) is 6.98. The normalized spacial score (nSPS) is 18.2. The number of amides is 1. The summed E-state index contributed by atoms with van der Waals surface area (Å²) in [6, 6.07) is 14.2. The Morgan fingerprint density at radius 1 is 1.19 bits per heavy atom. The summed E-state index contributed by atoms with van der Waals surface area (Å²) in [6.07, 6.45) is 0.612. The van der Waals surface area contributed by atoms with Gasteiger partial charge in [-0.15, -0.1) is 0 Å². The average molecular weight is 284 g/mol. The molecular formula is C17H17FN2O. The molecule has 0 saturated heterocycles. The van der Waals surface area contributed by atoms with E-state index in [9.17, 15) is 9.18 Å². The molecule has 0 spiro atoms. The van der Waals surface area contributed by atoms with Gasteiger partial charge in [0.05, 0.1) is 6.04 Å². The van der Waals surface area contributed by atoms with Crippen molar-refractivity contribution in [2.75, 3.05) is 0 Å². The molecule has 3 rings (SSSR count). The van der Waals surface area contributed by atoms with Crippen LogP contribution in [-0.4, -0.2) is 16.8 Å². The molecule has 2 aromatic carbocycles. The van der Waals surface area contributed by atoms with E-state index in [1.807, 2.05) is 29.2 Å². The van der Waals surface area contributed by atoms with Gasteiger partial charge in [-0.2, -0.15) is 0 Å². The van der Waals surface area contributed by atoms with Crippen molar-refractivity contribution < 1.29 is 9.18 Å². The Labute approximate surface area is 123 Å². The van der Waals surface area contributed by atoms with Crippen molar-refractivity contribution in [1.29, 1.82) is 0 Å². The molecule has 0 aliphatic carbocycles. The summed E-state index contributed by atoms with van der Waals surface area (Å²) in [7, 11) is 0. The van der Waals surface area contributed by atoms with E-state index in [0.717, 1.165) is 11.1 Å². The van der Waals surface area contributed by atoms with Gasteiger partial charge in [0.25, 0.3) is 0 Å². The Balaban J connectivity index is 1.87. The van der Waals surface area contributed by atoms with E-state index in [1.54, 1.807) is 6.07 Å². The van der Waals surface area contributed by atoms with Crippen molar-refractivity contribution in [1.82, 2.24) is 4.90 Å². The van der Waals surface area contributed by atoms with Crippen LogP contribution in [0.1, 0.15) is 16.7 Å². The highest BCUT2D eigenvalue weighted by molar-refractivity contribution is 5.80. The van der Waals surface area contributed by atoms with Crippen molar-refractivity contribution in [2.45, 2.75) is 25.6 Å². The maximum atomic E-state index is 13.3. The zero-order valence-electron chi connectivity index (χ0n) is 11.6. The summed E-state index contributed by atoms with van der Waals surface area (Å²) >= 11 is 0. The van der Waals surface area contributed by atoms with Crippen LogP contribution in [-0.2, 0) is 24.3 Å². The second-order valence-electron chi connectivity index (χ2n) is 5.43. The number of nitrogens with zero attached hydrogens (tertiary/aromatic N) is 1. The second-order valence-corrected chi connectivity index (χ2v) is 5.43. The van der Waals surface area contributed by atoms with Crippen molar-refractivity contribution in [3.8, 4) is 0 Å². The third-order valence-corrected chi connectivity index (χ3v) is 3.95. The van der Waals surface area contributed by atoms with Crippen LogP contribution < -0.4 is 5.73 Å². The van der Waals surface area contributed by atoms with E-state index in [1.165, 1.54) is 17.7 Å². The van der Waals surface area contributed by atoms with Gasteiger partial charge in [-0.3, -0.25) is 9.69 Å². The Morgan fingerprint density at radius 3 is 2.67 bits per heavy atom. The first-order valence-electron chi connectivity index (χ1n) is 6.98. The fourth-order valence-electron chi connectivity index (χ4n) is 2.89. The van der Waals surface area contributed by atoms with Crippen LogP contribution in [0.2, 0.25) is 0 Å². The van der Waals surface area contributed by atoms with Gasteiger partial charge in [0.1, 0.15) is 5.82 Å². The lowest BCUT2D eigenvalue weighted by Gasteiger charge is -2.35. The van der Waals surface area contributed by atoms with Gasteiger partial charge >= 0.3 is 0 Å². The second kappa shape index (κ2) is 5.66. The highest BCUT2D eigenvalue weighted by Gasteiger charge is 2.29. The monoisotopic (exact) mass is 284 g/mol. The quantitative estimate of drug-likeness (QED) is 0.939. The minimum Gasteiger partial charge on any atom is -0.368 e. The molecule has 1 aliphatic rings.